The van der Waals surface area contributed by atoms with Gasteiger partial charge >= 0.3 is 5.97 Å². The lowest BCUT2D eigenvalue weighted by Gasteiger charge is -2.17. The third-order valence-corrected chi connectivity index (χ3v) is 3.67. The van der Waals surface area contributed by atoms with Crippen LogP contribution in [0.3, 0.4) is 0 Å². The van der Waals surface area contributed by atoms with Crippen LogP contribution in [0.1, 0.15) is 24.0 Å². The van der Waals surface area contributed by atoms with Crippen LogP contribution >= 0.6 is 0 Å². The quantitative estimate of drug-likeness (QED) is 0.741. The summed E-state index contributed by atoms with van der Waals surface area (Å²) < 4.78 is 0. The Morgan fingerprint density at radius 1 is 1.04 bits per heavy atom. The molecule has 2 aromatic rings. The molecule has 1 atom stereocenters. The Morgan fingerprint density at radius 3 is 2.35 bits per heavy atom. The predicted octanol–water partition coefficient (Wildman–Crippen LogP) is 3.77. The van der Waals surface area contributed by atoms with E-state index in [2.05, 4.69) is 41.7 Å². The average Bonchev–Trinajstić information content (AvgIpc) is 2.58. The van der Waals surface area contributed by atoms with Crippen LogP contribution in [-0.4, -0.2) is 23.7 Å². The Bertz CT molecular complexity index is 608. The number of carboxylic acid groups (broad SMARTS) is 1. The SMILES string of the molecule is O=C(O)CCC(Cc1ccccc1)NC/C=C/c1ccccc1. The molecule has 0 saturated carbocycles. The van der Waals surface area contributed by atoms with Gasteiger partial charge in [-0.3, -0.25) is 4.79 Å². The van der Waals surface area contributed by atoms with Crippen LogP contribution in [0.4, 0.5) is 0 Å². The first-order chi connectivity index (χ1) is 11.2. The molecule has 2 N–H and O–H groups in total. The van der Waals surface area contributed by atoms with Crippen molar-refractivity contribution in [1.29, 1.82) is 0 Å². The Kier molecular flexibility index (Phi) is 7.08. The van der Waals surface area contributed by atoms with Gasteiger partial charge in [0.15, 0.2) is 0 Å². The number of hydrogen-bond donors (Lipinski definition) is 2. The van der Waals surface area contributed by atoms with E-state index in [1.807, 2.05) is 36.4 Å². The van der Waals surface area contributed by atoms with Crippen molar-refractivity contribution in [2.75, 3.05) is 6.54 Å². The summed E-state index contributed by atoms with van der Waals surface area (Å²) in [5.41, 5.74) is 2.39. The molecule has 2 aromatic carbocycles. The first-order valence-electron chi connectivity index (χ1n) is 7.95. The molecular weight excluding hydrogens is 286 g/mol. The standard InChI is InChI=1S/C20H23NO2/c22-20(23)14-13-19(16-18-10-5-2-6-11-18)21-15-7-12-17-8-3-1-4-9-17/h1-12,19,21H,13-16H2,(H,22,23)/b12-7+. The summed E-state index contributed by atoms with van der Waals surface area (Å²) in [5, 5.41) is 12.4. The van der Waals surface area contributed by atoms with E-state index in [0.717, 1.165) is 13.0 Å². The number of nitrogens with one attached hydrogen (secondary N) is 1. The minimum atomic E-state index is -0.746. The molecule has 0 aromatic heterocycles. The van der Waals surface area contributed by atoms with E-state index in [-0.39, 0.29) is 12.5 Å². The predicted molar refractivity (Wildman–Crippen MR) is 94.3 cm³/mol. The van der Waals surface area contributed by atoms with E-state index < -0.39 is 5.97 Å². The maximum atomic E-state index is 10.8. The van der Waals surface area contributed by atoms with Crippen LogP contribution in [0.15, 0.2) is 66.7 Å². The smallest absolute Gasteiger partial charge is 0.303 e. The molecule has 0 aliphatic rings. The van der Waals surface area contributed by atoms with E-state index in [1.165, 1.54) is 11.1 Å². The monoisotopic (exact) mass is 309 g/mol. The van der Waals surface area contributed by atoms with Crippen molar-refractivity contribution in [2.45, 2.75) is 25.3 Å². The summed E-state index contributed by atoms with van der Waals surface area (Å²) in [7, 11) is 0. The molecular formula is C20H23NO2. The normalized spacial score (nSPS) is 12.3. The first-order valence-corrected chi connectivity index (χ1v) is 7.95. The van der Waals surface area contributed by atoms with Crippen molar-refractivity contribution in [1.82, 2.24) is 5.32 Å². The highest BCUT2D eigenvalue weighted by atomic mass is 16.4. The van der Waals surface area contributed by atoms with Gasteiger partial charge < -0.3 is 10.4 Å². The number of carboxylic acids is 1. The lowest BCUT2D eigenvalue weighted by Crippen LogP contribution is -2.32. The van der Waals surface area contributed by atoms with Crippen LogP contribution in [0.25, 0.3) is 6.08 Å². The van der Waals surface area contributed by atoms with Gasteiger partial charge in [0, 0.05) is 19.0 Å². The molecule has 23 heavy (non-hydrogen) atoms. The highest BCUT2D eigenvalue weighted by molar-refractivity contribution is 5.66. The van der Waals surface area contributed by atoms with Gasteiger partial charge in [-0.1, -0.05) is 72.8 Å². The number of aliphatic carboxylic acids is 1. The second-order valence-electron chi connectivity index (χ2n) is 5.54. The van der Waals surface area contributed by atoms with Crippen LogP contribution in [0.2, 0.25) is 0 Å². The second-order valence-corrected chi connectivity index (χ2v) is 5.54. The van der Waals surface area contributed by atoms with Gasteiger partial charge in [-0.15, -0.1) is 0 Å². The molecule has 3 nitrogen and oxygen atoms in total. The summed E-state index contributed by atoms with van der Waals surface area (Å²) in [6.45, 7) is 0.728. The zero-order valence-corrected chi connectivity index (χ0v) is 13.2. The minimum Gasteiger partial charge on any atom is -0.481 e. The molecule has 1 unspecified atom stereocenters. The first kappa shape index (κ1) is 17.0. The Morgan fingerprint density at radius 2 is 1.70 bits per heavy atom. The van der Waals surface area contributed by atoms with E-state index >= 15 is 0 Å². The van der Waals surface area contributed by atoms with Crippen molar-refractivity contribution >= 4 is 12.0 Å². The highest BCUT2D eigenvalue weighted by Crippen LogP contribution is 2.08. The van der Waals surface area contributed by atoms with Crippen LogP contribution in [0.5, 0.6) is 0 Å². The van der Waals surface area contributed by atoms with Gasteiger partial charge in [0.25, 0.3) is 0 Å². The fourth-order valence-corrected chi connectivity index (χ4v) is 2.47. The van der Waals surface area contributed by atoms with Crippen molar-refractivity contribution in [3.8, 4) is 0 Å². The van der Waals surface area contributed by atoms with Gasteiger partial charge in [0.05, 0.1) is 0 Å². The molecule has 0 radical (unpaired) electrons. The minimum absolute atomic E-state index is 0.161. The maximum absolute atomic E-state index is 10.8. The van der Waals surface area contributed by atoms with Crippen LogP contribution < -0.4 is 5.32 Å². The van der Waals surface area contributed by atoms with Gasteiger partial charge in [0.2, 0.25) is 0 Å². The maximum Gasteiger partial charge on any atom is 0.303 e. The number of benzene rings is 2. The van der Waals surface area contributed by atoms with E-state index in [0.29, 0.717) is 6.42 Å². The third kappa shape index (κ3) is 6.94. The molecule has 0 aliphatic heterocycles. The van der Waals surface area contributed by atoms with Crippen LogP contribution in [0, 0.1) is 0 Å². The van der Waals surface area contributed by atoms with Crippen LogP contribution in [-0.2, 0) is 11.2 Å². The topological polar surface area (TPSA) is 49.3 Å². The van der Waals surface area contributed by atoms with Gasteiger partial charge in [-0.05, 0) is 24.0 Å². The Hall–Kier alpha value is -2.39. The van der Waals surface area contributed by atoms with Gasteiger partial charge in [-0.25, -0.2) is 0 Å². The molecule has 0 bridgehead atoms. The fraction of sp³-hybridized carbons (Fsp3) is 0.250. The molecule has 0 aliphatic carbocycles. The van der Waals surface area contributed by atoms with Crippen molar-refractivity contribution < 1.29 is 9.90 Å². The van der Waals surface area contributed by atoms with Gasteiger partial charge in [0.1, 0.15) is 0 Å². The molecule has 120 valence electrons. The summed E-state index contributed by atoms with van der Waals surface area (Å²) in [6.07, 6.45) is 5.81. The van der Waals surface area contributed by atoms with E-state index in [1.54, 1.807) is 0 Å². The molecule has 0 saturated heterocycles. The van der Waals surface area contributed by atoms with Gasteiger partial charge in [-0.2, -0.15) is 0 Å². The number of hydrogen-bond acceptors (Lipinski definition) is 2. The Balaban J connectivity index is 1.86. The summed E-state index contributed by atoms with van der Waals surface area (Å²) in [6, 6.07) is 20.5. The largest absolute Gasteiger partial charge is 0.481 e. The number of carbonyl (C=O) groups is 1. The molecule has 0 spiro atoms. The lowest BCUT2D eigenvalue weighted by molar-refractivity contribution is -0.137. The molecule has 0 heterocycles. The van der Waals surface area contributed by atoms with Crippen molar-refractivity contribution in [3.63, 3.8) is 0 Å². The third-order valence-electron chi connectivity index (χ3n) is 3.67. The molecule has 0 fully saturated rings. The zero-order chi connectivity index (χ0) is 16.3. The van der Waals surface area contributed by atoms with Crippen molar-refractivity contribution in [3.05, 3.63) is 77.9 Å². The molecule has 3 heteroatoms. The van der Waals surface area contributed by atoms with E-state index in [4.69, 9.17) is 5.11 Å². The summed E-state index contributed by atoms with van der Waals surface area (Å²) in [5.74, 6) is -0.746. The second kappa shape index (κ2) is 9.59. The highest BCUT2D eigenvalue weighted by Gasteiger charge is 2.10. The van der Waals surface area contributed by atoms with Crippen molar-refractivity contribution in [2.24, 2.45) is 0 Å². The van der Waals surface area contributed by atoms with E-state index in [9.17, 15) is 4.79 Å². The molecule has 0 amide bonds. The summed E-state index contributed by atoms with van der Waals surface area (Å²) >= 11 is 0. The lowest BCUT2D eigenvalue weighted by atomic mass is 10.0. The Labute approximate surface area is 137 Å². The zero-order valence-electron chi connectivity index (χ0n) is 13.2. The fourth-order valence-electron chi connectivity index (χ4n) is 2.47. The summed E-state index contributed by atoms with van der Waals surface area (Å²) in [4.78, 5) is 10.8. The number of rotatable bonds is 9. The molecule has 2 rings (SSSR count). The average molecular weight is 309 g/mol.